The minimum absolute atomic E-state index is 0.841. The van der Waals surface area contributed by atoms with Gasteiger partial charge in [-0.05, 0) is 31.6 Å². The molecule has 0 N–H and O–H groups in total. The fourth-order valence-corrected chi connectivity index (χ4v) is 4.74. The van der Waals surface area contributed by atoms with E-state index in [0.29, 0.717) is 0 Å². The van der Waals surface area contributed by atoms with Gasteiger partial charge in [0.2, 0.25) is 0 Å². The topological polar surface area (TPSA) is 30.3 Å². The van der Waals surface area contributed by atoms with Crippen LogP contribution in [0.15, 0.2) is 18.7 Å². The summed E-state index contributed by atoms with van der Waals surface area (Å²) in [5.41, 5.74) is 0. The Balaban J connectivity index is 1.27. The predicted octanol–water partition coefficient (Wildman–Crippen LogP) is 7.79. The number of aryl methyl sites for hydroxylation is 1. The van der Waals surface area contributed by atoms with E-state index in [1.807, 2.05) is 12.5 Å². The van der Waals surface area contributed by atoms with Crippen molar-refractivity contribution in [3.05, 3.63) is 18.7 Å². The van der Waals surface area contributed by atoms with Crippen LogP contribution in [0.3, 0.4) is 0 Å². The minimum atomic E-state index is 0.841. The van der Waals surface area contributed by atoms with Crippen molar-refractivity contribution < 1.29 is 4.84 Å². The van der Waals surface area contributed by atoms with Crippen LogP contribution in [-0.4, -0.2) is 34.3 Å². The van der Waals surface area contributed by atoms with E-state index >= 15 is 0 Å². The molecule has 1 saturated heterocycles. The van der Waals surface area contributed by atoms with Crippen LogP contribution in [0.1, 0.15) is 122 Å². The molecule has 0 radical (unpaired) electrons. The third-order valence-corrected chi connectivity index (χ3v) is 6.95. The Morgan fingerprint density at radius 3 is 1.84 bits per heavy atom. The van der Waals surface area contributed by atoms with E-state index in [1.54, 1.807) is 0 Å². The zero-order chi connectivity index (χ0) is 21.8. The summed E-state index contributed by atoms with van der Waals surface area (Å²) in [4.78, 5) is 10.1. The second-order valence-corrected chi connectivity index (χ2v) is 9.74. The van der Waals surface area contributed by atoms with E-state index in [9.17, 15) is 0 Å². The molecule has 2 rings (SSSR count). The van der Waals surface area contributed by atoms with Gasteiger partial charge in [-0.1, -0.05) is 96.8 Å². The van der Waals surface area contributed by atoms with Gasteiger partial charge in [0.15, 0.2) is 0 Å². The number of aromatic nitrogens is 2. The van der Waals surface area contributed by atoms with E-state index in [1.165, 1.54) is 116 Å². The number of nitrogens with zero attached hydrogens (tertiary/aromatic N) is 3. The summed E-state index contributed by atoms with van der Waals surface area (Å²) in [7, 11) is 0. The van der Waals surface area contributed by atoms with Gasteiger partial charge in [-0.2, -0.15) is 5.06 Å². The van der Waals surface area contributed by atoms with Crippen molar-refractivity contribution in [2.24, 2.45) is 5.92 Å². The first-order chi connectivity index (χ1) is 15.4. The highest BCUT2D eigenvalue weighted by Gasteiger charge is 2.19. The molecular weight excluding hydrogens is 382 g/mol. The van der Waals surface area contributed by atoms with Gasteiger partial charge in [0.05, 0.1) is 12.9 Å². The van der Waals surface area contributed by atoms with Gasteiger partial charge in [-0.3, -0.25) is 4.84 Å². The Hall–Kier alpha value is -0.870. The van der Waals surface area contributed by atoms with Crippen LogP contribution in [0.2, 0.25) is 0 Å². The zero-order valence-corrected chi connectivity index (χ0v) is 20.6. The Kier molecular flexibility index (Phi) is 15.9. The summed E-state index contributed by atoms with van der Waals surface area (Å²) in [6.07, 6.45) is 30.9. The summed E-state index contributed by atoms with van der Waals surface area (Å²) in [6.45, 7) is 6.52. The summed E-state index contributed by atoms with van der Waals surface area (Å²) in [5.74, 6) is 0.841. The number of unbranched alkanes of at least 4 members (excludes halogenated alkanes) is 14. The number of piperidine rings is 1. The van der Waals surface area contributed by atoms with Gasteiger partial charge in [-0.15, -0.1) is 0 Å². The third kappa shape index (κ3) is 14.0. The quantitative estimate of drug-likeness (QED) is 0.197. The van der Waals surface area contributed by atoms with Crippen molar-refractivity contribution in [1.29, 1.82) is 0 Å². The molecule has 4 heteroatoms. The van der Waals surface area contributed by atoms with Gasteiger partial charge in [0.25, 0.3) is 0 Å². The number of hydrogen-bond donors (Lipinski definition) is 0. The van der Waals surface area contributed by atoms with Crippen molar-refractivity contribution in [3.63, 3.8) is 0 Å². The zero-order valence-electron chi connectivity index (χ0n) is 20.6. The monoisotopic (exact) mass is 433 g/mol. The minimum Gasteiger partial charge on any atom is -0.337 e. The van der Waals surface area contributed by atoms with Gasteiger partial charge in [0.1, 0.15) is 0 Å². The fourth-order valence-electron chi connectivity index (χ4n) is 4.74. The maximum atomic E-state index is 6.01. The average molecular weight is 434 g/mol. The summed E-state index contributed by atoms with van der Waals surface area (Å²) < 4.78 is 2.19. The van der Waals surface area contributed by atoms with E-state index in [4.69, 9.17) is 4.84 Å². The van der Waals surface area contributed by atoms with Crippen molar-refractivity contribution in [3.8, 4) is 0 Å². The van der Waals surface area contributed by atoms with Gasteiger partial charge >= 0.3 is 0 Å². The lowest BCUT2D eigenvalue weighted by atomic mass is 9.94. The second kappa shape index (κ2) is 18.7. The Bertz CT molecular complexity index is 483. The molecule has 4 nitrogen and oxygen atoms in total. The van der Waals surface area contributed by atoms with Gasteiger partial charge in [-0.25, -0.2) is 4.98 Å². The molecule has 2 heterocycles. The van der Waals surface area contributed by atoms with E-state index in [0.717, 1.165) is 32.2 Å². The Morgan fingerprint density at radius 2 is 1.32 bits per heavy atom. The summed E-state index contributed by atoms with van der Waals surface area (Å²) >= 11 is 0. The molecule has 0 spiro atoms. The molecule has 0 atom stereocenters. The molecule has 0 aliphatic carbocycles. The van der Waals surface area contributed by atoms with Gasteiger partial charge in [0, 0.05) is 32.0 Å². The van der Waals surface area contributed by atoms with Crippen LogP contribution in [0.5, 0.6) is 0 Å². The van der Waals surface area contributed by atoms with Crippen LogP contribution in [-0.2, 0) is 11.4 Å². The molecule has 1 aromatic rings. The van der Waals surface area contributed by atoms with Crippen LogP contribution < -0.4 is 0 Å². The molecule has 1 aliphatic heterocycles. The molecule has 0 bridgehead atoms. The molecule has 31 heavy (non-hydrogen) atoms. The van der Waals surface area contributed by atoms with Crippen molar-refractivity contribution in [2.75, 3.05) is 19.7 Å². The highest BCUT2D eigenvalue weighted by atomic mass is 16.7. The number of rotatable bonds is 20. The van der Waals surface area contributed by atoms with Crippen LogP contribution in [0.4, 0.5) is 0 Å². The molecular formula is C27H51N3O. The highest BCUT2D eigenvalue weighted by Crippen LogP contribution is 2.21. The number of imidazole rings is 1. The van der Waals surface area contributed by atoms with E-state index < -0.39 is 0 Å². The van der Waals surface area contributed by atoms with Crippen molar-refractivity contribution in [1.82, 2.24) is 14.6 Å². The van der Waals surface area contributed by atoms with E-state index in [-0.39, 0.29) is 0 Å². The van der Waals surface area contributed by atoms with Crippen molar-refractivity contribution in [2.45, 2.75) is 129 Å². The molecule has 0 aromatic carbocycles. The fraction of sp³-hybridized carbons (Fsp3) is 0.889. The third-order valence-electron chi connectivity index (χ3n) is 6.95. The normalized spacial score (nSPS) is 15.6. The lowest BCUT2D eigenvalue weighted by molar-refractivity contribution is -0.175. The van der Waals surface area contributed by atoms with E-state index in [2.05, 4.69) is 27.7 Å². The largest absolute Gasteiger partial charge is 0.337 e. The lowest BCUT2D eigenvalue weighted by Crippen LogP contribution is -2.34. The molecule has 0 saturated carbocycles. The maximum absolute atomic E-state index is 6.01. The molecule has 0 amide bonds. The maximum Gasteiger partial charge on any atom is 0.0945 e. The first-order valence-electron chi connectivity index (χ1n) is 13.7. The second-order valence-electron chi connectivity index (χ2n) is 9.74. The molecule has 0 unspecified atom stereocenters. The van der Waals surface area contributed by atoms with Gasteiger partial charge < -0.3 is 4.57 Å². The van der Waals surface area contributed by atoms with Crippen LogP contribution in [0, 0.1) is 5.92 Å². The first-order valence-corrected chi connectivity index (χ1v) is 13.7. The summed E-state index contributed by atoms with van der Waals surface area (Å²) in [5, 5.41) is 2.22. The number of hydroxylamine groups is 2. The number of hydrogen-bond acceptors (Lipinski definition) is 3. The predicted molar refractivity (Wildman–Crippen MR) is 132 cm³/mol. The standard InChI is InChI=1S/C27H51N3O/c1-2-3-4-5-6-7-8-9-10-11-12-13-14-15-16-25-31-30-22-18-27(19-23-30)17-21-29-24-20-28-26-29/h20,24,26-27H,2-19,21-23,25H2,1H3. The molecule has 1 fully saturated rings. The van der Waals surface area contributed by atoms with Crippen molar-refractivity contribution >= 4 is 0 Å². The smallest absolute Gasteiger partial charge is 0.0945 e. The SMILES string of the molecule is CCCCCCCCCCCCCCCCCON1CCC(CCn2ccnc2)CC1. The highest BCUT2D eigenvalue weighted by molar-refractivity contribution is 4.75. The lowest BCUT2D eigenvalue weighted by Gasteiger charge is -2.31. The Labute approximate surface area is 193 Å². The molecule has 180 valence electrons. The first kappa shape index (κ1) is 26.4. The van der Waals surface area contributed by atoms with Crippen LogP contribution in [0.25, 0.3) is 0 Å². The Morgan fingerprint density at radius 1 is 0.774 bits per heavy atom. The molecule has 1 aliphatic rings. The average Bonchev–Trinajstić information content (AvgIpc) is 3.32. The molecule has 1 aromatic heterocycles. The summed E-state index contributed by atoms with van der Waals surface area (Å²) in [6, 6.07) is 0. The van der Waals surface area contributed by atoms with Crippen LogP contribution >= 0.6 is 0 Å².